The maximum Gasteiger partial charge on any atom is 0.225 e. The average Bonchev–Trinajstić information content (AvgIpc) is 2.59. The van der Waals surface area contributed by atoms with Gasteiger partial charge in [0.1, 0.15) is 0 Å². The van der Waals surface area contributed by atoms with E-state index in [1.165, 1.54) is 0 Å². The van der Waals surface area contributed by atoms with E-state index >= 15 is 0 Å². The fourth-order valence-electron chi connectivity index (χ4n) is 3.30. The lowest BCUT2D eigenvalue weighted by atomic mass is 9.75. The Morgan fingerprint density at radius 2 is 1.39 bits per heavy atom. The van der Waals surface area contributed by atoms with Crippen LogP contribution in [0.3, 0.4) is 0 Å². The number of nitrogens with one attached hydrogen (secondary N) is 1. The third-order valence-corrected chi connectivity index (χ3v) is 4.36. The SMILES string of the molecule is O=C1C[C@@H](c2ccccc2)C2=C(N1)C(=O)c1ccccc1C2=O. The van der Waals surface area contributed by atoms with Gasteiger partial charge >= 0.3 is 0 Å². The highest BCUT2D eigenvalue weighted by Crippen LogP contribution is 2.38. The van der Waals surface area contributed by atoms with Gasteiger partial charge < -0.3 is 5.32 Å². The van der Waals surface area contributed by atoms with E-state index in [0.29, 0.717) is 16.7 Å². The van der Waals surface area contributed by atoms with E-state index in [9.17, 15) is 14.4 Å². The quantitative estimate of drug-likeness (QED) is 0.881. The molecular formula is C19H13NO3. The molecule has 0 spiro atoms. The number of carbonyl (C=O) groups excluding carboxylic acids is 3. The summed E-state index contributed by atoms with van der Waals surface area (Å²) in [6, 6.07) is 16.1. The summed E-state index contributed by atoms with van der Waals surface area (Å²) < 4.78 is 0. The van der Waals surface area contributed by atoms with Gasteiger partial charge in [-0.3, -0.25) is 14.4 Å². The van der Waals surface area contributed by atoms with E-state index in [1.807, 2.05) is 30.3 Å². The Bertz CT molecular complexity index is 880. The molecule has 4 nitrogen and oxygen atoms in total. The van der Waals surface area contributed by atoms with E-state index in [2.05, 4.69) is 5.32 Å². The molecule has 1 amide bonds. The largest absolute Gasteiger partial charge is 0.322 e. The molecule has 0 fully saturated rings. The van der Waals surface area contributed by atoms with Crippen molar-refractivity contribution in [3.63, 3.8) is 0 Å². The fourth-order valence-corrected chi connectivity index (χ4v) is 3.30. The predicted molar refractivity (Wildman–Crippen MR) is 84.1 cm³/mol. The molecule has 4 rings (SSSR count). The molecule has 112 valence electrons. The summed E-state index contributed by atoms with van der Waals surface area (Å²) in [5, 5.41) is 2.61. The first-order valence-electron chi connectivity index (χ1n) is 7.44. The highest BCUT2D eigenvalue weighted by Gasteiger charge is 2.40. The fraction of sp³-hybridized carbons (Fsp3) is 0.105. The molecule has 0 radical (unpaired) electrons. The summed E-state index contributed by atoms with van der Waals surface area (Å²) in [6.45, 7) is 0. The molecule has 0 aromatic heterocycles. The summed E-state index contributed by atoms with van der Waals surface area (Å²) in [7, 11) is 0. The van der Waals surface area contributed by atoms with E-state index in [4.69, 9.17) is 0 Å². The van der Waals surface area contributed by atoms with Crippen molar-refractivity contribution in [3.05, 3.63) is 82.6 Å². The number of hydrogen-bond acceptors (Lipinski definition) is 3. The molecule has 2 aromatic rings. The van der Waals surface area contributed by atoms with Crippen molar-refractivity contribution < 1.29 is 14.4 Å². The van der Waals surface area contributed by atoms with Gasteiger partial charge in [0.2, 0.25) is 11.7 Å². The Morgan fingerprint density at radius 3 is 2.09 bits per heavy atom. The van der Waals surface area contributed by atoms with Crippen molar-refractivity contribution in [3.8, 4) is 0 Å². The Hall–Kier alpha value is -3.01. The summed E-state index contributed by atoms with van der Waals surface area (Å²) in [6.07, 6.45) is 0.171. The first kappa shape index (κ1) is 13.6. The molecule has 23 heavy (non-hydrogen) atoms. The molecule has 4 heteroatoms. The van der Waals surface area contributed by atoms with Crippen molar-refractivity contribution in [2.24, 2.45) is 0 Å². The first-order chi connectivity index (χ1) is 11.2. The van der Waals surface area contributed by atoms with Crippen molar-refractivity contribution in [2.75, 3.05) is 0 Å². The number of carbonyl (C=O) groups is 3. The smallest absolute Gasteiger partial charge is 0.225 e. The number of benzene rings is 2. The number of allylic oxidation sites excluding steroid dienone is 2. The number of rotatable bonds is 1. The lowest BCUT2D eigenvalue weighted by Crippen LogP contribution is -2.40. The minimum absolute atomic E-state index is 0.138. The third kappa shape index (κ3) is 2.03. The van der Waals surface area contributed by atoms with Crippen LogP contribution in [0.25, 0.3) is 0 Å². The zero-order chi connectivity index (χ0) is 16.0. The number of ketones is 2. The van der Waals surface area contributed by atoms with Crippen molar-refractivity contribution in [1.82, 2.24) is 5.32 Å². The highest BCUT2D eigenvalue weighted by atomic mass is 16.2. The van der Waals surface area contributed by atoms with Crippen LogP contribution in [0.4, 0.5) is 0 Å². The molecule has 0 bridgehead atoms. The van der Waals surface area contributed by atoms with Crippen molar-refractivity contribution in [2.45, 2.75) is 12.3 Å². The maximum absolute atomic E-state index is 12.9. The monoisotopic (exact) mass is 303 g/mol. The van der Waals surface area contributed by atoms with Gasteiger partial charge in [0.25, 0.3) is 0 Å². The van der Waals surface area contributed by atoms with Crippen molar-refractivity contribution in [1.29, 1.82) is 0 Å². The minimum Gasteiger partial charge on any atom is -0.322 e. The Labute approximate surface area is 132 Å². The van der Waals surface area contributed by atoms with Crippen LogP contribution in [0, 0.1) is 0 Å². The molecular weight excluding hydrogens is 290 g/mol. The van der Waals surface area contributed by atoms with Gasteiger partial charge in [0.05, 0.1) is 5.70 Å². The van der Waals surface area contributed by atoms with Gasteiger partial charge in [-0.05, 0) is 5.56 Å². The number of fused-ring (bicyclic) bond motifs is 1. The maximum atomic E-state index is 12.9. The lowest BCUT2D eigenvalue weighted by molar-refractivity contribution is -0.121. The summed E-state index contributed by atoms with van der Waals surface area (Å²) in [4.78, 5) is 37.7. The number of amides is 1. The second-order valence-electron chi connectivity index (χ2n) is 5.71. The van der Waals surface area contributed by atoms with E-state index in [0.717, 1.165) is 5.56 Å². The summed E-state index contributed by atoms with van der Waals surface area (Å²) >= 11 is 0. The van der Waals surface area contributed by atoms with Gasteiger partial charge in [-0.2, -0.15) is 0 Å². The van der Waals surface area contributed by atoms with E-state index < -0.39 is 0 Å². The molecule has 1 aliphatic carbocycles. The van der Waals surface area contributed by atoms with Crippen LogP contribution in [0.1, 0.15) is 38.6 Å². The molecule has 2 aromatic carbocycles. The van der Waals surface area contributed by atoms with Crippen LogP contribution in [0.2, 0.25) is 0 Å². The number of hydrogen-bond donors (Lipinski definition) is 1. The average molecular weight is 303 g/mol. The third-order valence-electron chi connectivity index (χ3n) is 4.36. The molecule has 1 N–H and O–H groups in total. The molecule has 1 aliphatic heterocycles. The van der Waals surface area contributed by atoms with Crippen LogP contribution in [-0.4, -0.2) is 17.5 Å². The van der Waals surface area contributed by atoms with Crippen LogP contribution in [0.15, 0.2) is 65.9 Å². The second kappa shape index (κ2) is 5.02. The van der Waals surface area contributed by atoms with Gasteiger partial charge in [-0.1, -0.05) is 54.6 Å². The Kier molecular flexibility index (Phi) is 2.98. The van der Waals surface area contributed by atoms with Gasteiger partial charge in [-0.15, -0.1) is 0 Å². The van der Waals surface area contributed by atoms with E-state index in [1.54, 1.807) is 24.3 Å². The Balaban J connectivity index is 1.93. The van der Waals surface area contributed by atoms with Crippen LogP contribution in [0.5, 0.6) is 0 Å². The Morgan fingerprint density at radius 1 is 0.783 bits per heavy atom. The standard InChI is InChI=1S/C19H13NO3/c21-15-10-14(11-6-2-1-3-7-11)16-17(20-15)19(23)13-9-5-4-8-12(13)18(16)22/h1-9,14H,10H2,(H,20,21)/t14-/m0/s1. The van der Waals surface area contributed by atoms with Crippen LogP contribution in [-0.2, 0) is 4.79 Å². The predicted octanol–water partition coefficient (Wildman–Crippen LogP) is 2.62. The van der Waals surface area contributed by atoms with E-state index in [-0.39, 0.29) is 35.5 Å². The normalized spacial score (nSPS) is 20.0. The number of Topliss-reactive ketones (excluding diaryl/α,β-unsaturated/α-hetero) is 2. The zero-order valence-electron chi connectivity index (χ0n) is 12.2. The summed E-state index contributed by atoms with van der Waals surface area (Å²) in [5.74, 6) is -1.09. The second-order valence-corrected chi connectivity index (χ2v) is 5.71. The molecule has 0 unspecified atom stereocenters. The van der Waals surface area contributed by atoms with Crippen LogP contribution < -0.4 is 5.32 Å². The van der Waals surface area contributed by atoms with Crippen molar-refractivity contribution >= 4 is 17.5 Å². The first-order valence-corrected chi connectivity index (χ1v) is 7.44. The van der Waals surface area contributed by atoms with Crippen LogP contribution >= 0.6 is 0 Å². The molecule has 2 aliphatic rings. The molecule has 0 saturated carbocycles. The van der Waals surface area contributed by atoms with Gasteiger partial charge in [-0.25, -0.2) is 0 Å². The minimum atomic E-state index is -0.384. The lowest BCUT2D eigenvalue weighted by Gasteiger charge is -2.31. The topological polar surface area (TPSA) is 63.2 Å². The van der Waals surface area contributed by atoms with Gasteiger partial charge in [0, 0.05) is 29.0 Å². The molecule has 1 atom stereocenters. The summed E-state index contributed by atoms with van der Waals surface area (Å²) in [5.41, 5.74) is 2.17. The zero-order valence-corrected chi connectivity index (χ0v) is 12.2. The molecule has 1 heterocycles. The highest BCUT2D eigenvalue weighted by molar-refractivity contribution is 6.28. The van der Waals surface area contributed by atoms with Gasteiger partial charge in [0.15, 0.2) is 5.78 Å². The molecule has 0 saturated heterocycles.